The van der Waals surface area contributed by atoms with Crippen molar-refractivity contribution in [3.63, 3.8) is 0 Å². The fraction of sp³-hybridized carbons (Fsp3) is 0.167. The van der Waals surface area contributed by atoms with Crippen molar-refractivity contribution in [3.05, 3.63) is 36.1 Å². The van der Waals surface area contributed by atoms with Crippen molar-refractivity contribution >= 4 is 28.5 Å². The maximum atomic E-state index is 5.91. The Morgan fingerprint density at radius 1 is 1.20 bits per heavy atom. The molecule has 0 aliphatic carbocycles. The summed E-state index contributed by atoms with van der Waals surface area (Å²) in [7, 11) is 3.99. The Balaban J connectivity index is 0.00000147. The number of hydrogen-bond acceptors (Lipinski definition) is 4. The third-order valence-electron chi connectivity index (χ3n) is 2.81. The number of pyridine rings is 1. The van der Waals surface area contributed by atoms with Crippen molar-refractivity contribution in [1.82, 2.24) is 19.9 Å². The zero-order valence-corrected chi connectivity index (χ0v) is 12.4. The van der Waals surface area contributed by atoms with Gasteiger partial charge in [-0.05, 0) is 16.6 Å². The molecule has 3 aromatic heterocycles. The van der Waals surface area contributed by atoms with Gasteiger partial charge in [-0.3, -0.25) is 0 Å². The first-order valence-corrected chi connectivity index (χ1v) is 6.08. The van der Waals surface area contributed by atoms with Gasteiger partial charge >= 0.3 is 11.1 Å². The van der Waals surface area contributed by atoms with Crippen molar-refractivity contribution in [3.8, 4) is 5.82 Å². The predicted octanol–water partition coefficient (Wildman–Crippen LogP) is -1.65. The molecule has 0 radical (unpaired) electrons. The molecule has 0 bridgehead atoms. The van der Waals surface area contributed by atoms with Crippen LogP contribution < -0.4 is 21.9 Å². The van der Waals surface area contributed by atoms with E-state index < -0.39 is 0 Å². The molecule has 0 aliphatic heterocycles. The summed E-state index contributed by atoms with van der Waals surface area (Å²) in [6.45, 7) is 0. The second kappa shape index (κ2) is 5.60. The van der Waals surface area contributed by atoms with Crippen LogP contribution in [0.3, 0.4) is 0 Å². The molecule has 0 saturated heterocycles. The zero-order chi connectivity index (χ0) is 13.4. The maximum absolute atomic E-state index is 5.91. The summed E-state index contributed by atoms with van der Waals surface area (Å²) in [5.74, 6) is 0.679. The molecule has 20 heavy (non-hydrogen) atoms. The van der Waals surface area contributed by atoms with Gasteiger partial charge in [0.25, 0.3) is 0 Å². The van der Waals surface area contributed by atoms with Gasteiger partial charge in [-0.15, -0.1) is 0 Å². The largest absolute Gasteiger partial charge is 1.00 e. The van der Waals surface area contributed by atoms with Crippen LogP contribution in [0.4, 0.5) is 5.69 Å². The fourth-order valence-corrected chi connectivity index (χ4v) is 2.00. The van der Waals surface area contributed by atoms with E-state index in [1.165, 1.54) is 0 Å². The van der Waals surface area contributed by atoms with Gasteiger partial charge in [0.2, 0.25) is 0 Å². The topological polar surface area (TPSA) is 61.6 Å². The number of halogens is 2. The minimum atomic E-state index is 0. The van der Waals surface area contributed by atoms with Gasteiger partial charge in [0.05, 0.1) is 18.7 Å². The van der Waals surface area contributed by atoms with Crippen LogP contribution in [0.15, 0.2) is 30.9 Å². The van der Waals surface area contributed by atoms with Gasteiger partial charge in [0.15, 0.2) is 11.2 Å². The first-order chi connectivity index (χ1) is 9.15. The van der Waals surface area contributed by atoms with Crippen LogP contribution in [0.25, 0.3) is 17.0 Å². The molecule has 0 aromatic carbocycles. The molecular weight excluding hydrogens is 299 g/mol. The number of anilines is 1. The van der Waals surface area contributed by atoms with E-state index in [1.54, 1.807) is 6.33 Å². The molecule has 0 atom stereocenters. The van der Waals surface area contributed by atoms with E-state index in [2.05, 4.69) is 19.9 Å². The molecule has 6 nitrogen and oxygen atoms in total. The average molecular weight is 311 g/mol. The number of fused-ring (bicyclic) bond motifs is 1. The van der Waals surface area contributed by atoms with Crippen LogP contribution >= 0.6 is 11.6 Å². The summed E-state index contributed by atoms with van der Waals surface area (Å²) in [5.41, 5.74) is 2.42. The molecule has 3 rings (SSSR count). The van der Waals surface area contributed by atoms with Crippen LogP contribution in [0.1, 0.15) is 0 Å². The summed E-state index contributed by atoms with van der Waals surface area (Å²) < 4.78 is 1.88. The number of H-pyrrole nitrogens is 1. The Hall–Kier alpha value is -1.92. The van der Waals surface area contributed by atoms with E-state index >= 15 is 0 Å². The zero-order valence-electron chi connectivity index (χ0n) is 10.9. The van der Waals surface area contributed by atoms with Crippen LogP contribution in [0.2, 0.25) is 5.28 Å². The van der Waals surface area contributed by atoms with Gasteiger partial charge in [0, 0.05) is 31.9 Å². The molecular formula is C12H12Cl2N6. The molecule has 1 N–H and O–H groups in total. The van der Waals surface area contributed by atoms with E-state index in [9.17, 15) is 0 Å². The highest BCUT2D eigenvalue weighted by Crippen LogP contribution is 2.14. The molecule has 0 fully saturated rings. The number of nitrogens with zero attached hydrogens (tertiary/aromatic N) is 5. The Kier molecular flexibility index (Phi) is 4.06. The van der Waals surface area contributed by atoms with E-state index in [1.807, 2.05) is 48.1 Å². The minimum absolute atomic E-state index is 0. The summed E-state index contributed by atoms with van der Waals surface area (Å²) in [5, 5.41) is 0.179. The van der Waals surface area contributed by atoms with Gasteiger partial charge < -0.3 is 22.3 Å². The Labute approximate surface area is 126 Å². The van der Waals surface area contributed by atoms with Crippen LogP contribution in [0.5, 0.6) is 0 Å². The van der Waals surface area contributed by atoms with E-state index in [-0.39, 0.29) is 17.7 Å². The van der Waals surface area contributed by atoms with Gasteiger partial charge in [-0.2, -0.15) is 4.98 Å². The molecule has 104 valence electrons. The Morgan fingerprint density at radius 2 is 1.90 bits per heavy atom. The molecule has 3 aromatic rings. The number of aromatic amines is 1. The average Bonchev–Trinajstić information content (AvgIpc) is 2.85. The fourth-order valence-electron chi connectivity index (χ4n) is 1.84. The van der Waals surface area contributed by atoms with Gasteiger partial charge in [-0.1, -0.05) is 0 Å². The SMILES string of the molecule is CN(C)c1cc[n+](-c2nc(Cl)nc3nc[nH]c23)cc1.[Cl-]. The standard InChI is InChI=1S/C12H12ClN6.ClH/c1-18(2)8-3-5-19(6-4-8)11-9-10(15-7-14-9)16-12(13)17-11;/h3-7H,1-2H3,(H,14,15,16,17);1H/q+1;/p-1. The number of hydrogen-bond donors (Lipinski definition) is 1. The highest BCUT2D eigenvalue weighted by Gasteiger charge is 2.19. The lowest BCUT2D eigenvalue weighted by Gasteiger charge is -2.11. The first-order valence-electron chi connectivity index (χ1n) is 5.71. The summed E-state index contributed by atoms with van der Waals surface area (Å²) in [6, 6.07) is 4.00. The predicted molar refractivity (Wildman–Crippen MR) is 72.6 cm³/mol. The molecule has 0 aliphatic rings. The quantitative estimate of drug-likeness (QED) is 0.455. The number of aromatic nitrogens is 5. The number of imidazole rings is 1. The maximum Gasteiger partial charge on any atom is 0.359 e. The van der Waals surface area contributed by atoms with Gasteiger partial charge in [0.1, 0.15) is 0 Å². The van der Waals surface area contributed by atoms with Crippen molar-refractivity contribution in [2.45, 2.75) is 0 Å². The van der Waals surface area contributed by atoms with Crippen LogP contribution in [-0.2, 0) is 0 Å². The highest BCUT2D eigenvalue weighted by atomic mass is 35.5. The van der Waals surface area contributed by atoms with E-state index in [0.29, 0.717) is 11.5 Å². The molecule has 0 saturated carbocycles. The second-order valence-corrected chi connectivity index (χ2v) is 4.61. The number of nitrogens with one attached hydrogen (secondary N) is 1. The summed E-state index contributed by atoms with van der Waals surface area (Å²) in [4.78, 5) is 17.5. The Morgan fingerprint density at radius 3 is 2.55 bits per heavy atom. The Bertz CT molecular complexity index is 722. The monoisotopic (exact) mass is 310 g/mol. The lowest BCUT2D eigenvalue weighted by atomic mass is 10.3. The smallest absolute Gasteiger partial charge is 0.359 e. The minimum Gasteiger partial charge on any atom is -1.00 e. The van der Waals surface area contributed by atoms with Gasteiger partial charge in [-0.25, -0.2) is 9.55 Å². The third kappa shape index (κ3) is 2.52. The number of rotatable bonds is 2. The van der Waals surface area contributed by atoms with Crippen molar-refractivity contribution in [2.75, 3.05) is 19.0 Å². The van der Waals surface area contributed by atoms with E-state index in [0.717, 1.165) is 11.2 Å². The van der Waals surface area contributed by atoms with E-state index in [4.69, 9.17) is 11.6 Å². The molecule has 8 heteroatoms. The van der Waals surface area contributed by atoms with Crippen molar-refractivity contribution in [1.29, 1.82) is 0 Å². The molecule has 0 spiro atoms. The molecule has 0 amide bonds. The first kappa shape index (κ1) is 14.5. The van der Waals surface area contributed by atoms with Crippen LogP contribution in [0, 0.1) is 0 Å². The normalized spacial score (nSPS) is 10.3. The highest BCUT2D eigenvalue weighted by molar-refractivity contribution is 6.28. The van der Waals surface area contributed by atoms with Crippen molar-refractivity contribution < 1.29 is 17.0 Å². The third-order valence-corrected chi connectivity index (χ3v) is 2.98. The summed E-state index contributed by atoms with van der Waals surface area (Å²) >= 11 is 5.91. The van der Waals surface area contributed by atoms with Crippen molar-refractivity contribution in [2.24, 2.45) is 0 Å². The molecule has 3 heterocycles. The summed E-state index contributed by atoms with van der Waals surface area (Å²) in [6.07, 6.45) is 5.43. The van der Waals surface area contributed by atoms with Crippen LogP contribution in [-0.4, -0.2) is 34.0 Å². The lowest BCUT2D eigenvalue weighted by molar-refractivity contribution is -0.598. The second-order valence-electron chi connectivity index (χ2n) is 4.28. The lowest BCUT2D eigenvalue weighted by Crippen LogP contribution is -3.00. The molecule has 0 unspecified atom stereocenters.